The van der Waals surface area contributed by atoms with Crippen molar-refractivity contribution in [2.75, 3.05) is 29.5 Å². The first kappa shape index (κ1) is 14.7. The number of primary sulfonamides is 1. The van der Waals surface area contributed by atoms with Crippen molar-refractivity contribution >= 4 is 21.7 Å². The van der Waals surface area contributed by atoms with Crippen LogP contribution in [0.5, 0.6) is 0 Å². The highest BCUT2D eigenvalue weighted by atomic mass is 32.2. The Bertz CT molecular complexity index is 463. The SMILES string of the molecule is CCCNc1cc(NCCCS(N)(=O)=O)ncn1. The van der Waals surface area contributed by atoms with Crippen molar-refractivity contribution in [3.63, 3.8) is 0 Å². The molecule has 0 saturated carbocycles. The van der Waals surface area contributed by atoms with Crippen molar-refractivity contribution in [2.45, 2.75) is 19.8 Å². The van der Waals surface area contributed by atoms with E-state index in [9.17, 15) is 8.42 Å². The molecular weight excluding hydrogens is 254 g/mol. The summed E-state index contributed by atoms with van der Waals surface area (Å²) in [5, 5.41) is 11.1. The topological polar surface area (TPSA) is 110 Å². The number of nitrogens with zero attached hydrogens (tertiary/aromatic N) is 2. The number of nitrogens with one attached hydrogen (secondary N) is 2. The van der Waals surface area contributed by atoms with Crippen LogP contribution in [0.4, 0.5) is 11.6 Å². The number of anilines is 2. The lowest BCUT2D eigenvalue weighted by molar-refractivity contribution is 0.595. The van der Waals surface area contributed by atoms with E-state index in [-0.39, 0.29) is 5.75 Å². The summed E-state index contributed by atoms with van der Waals surface area (Å²) in [4.78, 5) is 8.10. The van der Waals surface area contributed by atoms with Crippen molar-refractivity contribution in [2.24, 2.45) is 5.14 Å². The zero-order chi connectivity index (χ0) is 13.4. The second kappa shape index (κ2) is 7.12. The van der Waals surface area contributed by atoms with Gasteiger partial charge < -0.3 is 10.6 Å². The van der Waals surface area contributed by atoms with Crippen LogP contribution in [0.2, 0.25) is 0 Å². The van der Waals surface area contributed by atoms with Gasteiger partial charge in [-0.3, -0.25) is 0 Å². The van der Waals surface area contributed by atoms with E-state index >= 15 is 0 Å². The third-order valence-corrected chi connectivity index (χ3v) is 2.99. The van der Waals surface area contributed by atoms with Gasteiger partial charge >= 0.3 is 0 Å². The Labute approximate surface area is 107 Å². The van der Waals surface area contributed by atoms with Gasteiger partial charge in [0.2, 0.25) is 10.0 Å². The van der Waals surface area contributed by atoms with Crippen molar-refractivity contribution < 1.29 is 8.42 Å². The highest BCUT2D eigenvalue weighted by Gasteiger charge is 2.02. The molecule has 4 N–H and O–H groups in total. The van der Waals surface area contributed by atoms with Gasteiger partial charge in [-0.15, -0.1) is 0 Å². The van der Waals surface area contributed by atoms with E-state index in [2.05, 4.69) is 27.5 Å². The summed E-state index contributed by atoms with van der Waals surface area (Å²) in [6.07, 6.45) is 2.92. The number of hydrogen-bond donors (Lipinski definition) is 3. The average molecular weight is 273 g/mol. The summed E-state index contributed by atoms with van der Waals surface area (Å²) in [7, 11) is -3.38. The molecule has 0 aliphatic heterocycles. The smallest absolute Gasteiger partial charge is 0.209 e. The second-order valence-electron chi connectivity index (χ2n) is 3.86. The van der Waals surface area contributed by atoms with Gasteiger partial charge in [-0.1, -0.05) is 6.92 Å². The van der Waals surface area contributed by atoms with E-state index in [1.54, 1.807) is 6.07 Å². The summed E-state index contributed by atoms with van der Waals surface area (Å²) in [5.74, 6) is 1.38. The fourth-order valence-electron chi connectivity index (χ4n) is 1.29. The minimum Gasteiger partial charge on any atom is -0.370 e. The molecule has 18 heavy (non-hydrogen) atoms. The van der Waals surface area contributed by atoms with E-state index in [0.29, 0.717) is 18.8 Å². The van der Waals surface area contributed by atoms with Crippen LogP contribution in [0.1, 0.15) is 19.8 Å². The maximum absolute atomic E-state index is 10.7. The van der Waals surface area contributed by atoms with Crippen molar-refractivity contribution in [3.8, 4) is 0 Å². The second-order valence-corrected chi connectivity index (χ2v) is 5.60. The lowest BCUT2D eigenvalue weighted by atomic mass is 10.4. The molecule has 1 aromatic heterocycles. The molecule has 0 saturated heterocycles. The summed E-state index contributed by atoms with van der Waals surface area (Å²) in [6.45, 7) is 3.42. The molecule has 0 aromatic carbocycles. The molecule has 0 radical (unpaired) electrons. The fourth-order valence-corrected chi connectivity index (χ4v) is 1.84. The van der Waals surface area contributed by atoms with Gasteiger partial charge in [0.15, 0.2) is 0 Å². The molecule has 102 valence electrons. The Morgan fingerprint density at radius 2 is 1.83 bits per heavy atom. The molecule has 0 fully saturated rings. The third kappa shape index (κ3) is 6.36. The molecule has 0 amide bonds. The van der Waals surface area contributed by atoms with E-state index in [1.807, 2.05) is 0 Å². The van der Waals surface area contributed by atoms with Crippen LogP contribution in [0, 0.1) is 0 Å². The zero-order valence-electron chi connectivity index (χ0n) is 10.4. The van der Waals surface area contributed by atoms with Crippen LogP contribution < -0.4 is 15.8 Å². The van der Waals surface area contributed by atoms with Crippen LogP contribution in [0.3, 0.4) is 0 Å². The fraction of sp³-hybridized carbons (Fsp3) is 0.600. The quantitative estimate of drug-likeness (QED) is 0.591. The molecule has 0 bridgehead atoms. The number of sulfonamides is 1. The molecule has 0 aliphatic rings. The van der Waals surface area contributed by atoms with E-state index in [0.717, 1.165) is 18.8 Å². The molecule has 1 heterocycles. The standard InChI is InChI=1S/C10H19N5O2S/c1-2-4-12-9-7-10(15-8-14-9)13-5-3-6-18(11,16)17/h7-8H,2-6H2,1H3,(H2,11,16,17)(H2,12,13,14,15). The summed E-state index contributed by atoms with van der Waals surface area (Å²) < 4.78 is 21.5. The maximum atomic E-state index is 10.7. The van der Waals surface area contributed by atoms with Crippen molar-refractivity contribution in [1.82, 2.24) is 9.97 Å². The maximum Gasteiger partial charge on any atom is 0.209 e. The highest BCUT2D eigenvalue weighted by Crippen LogP contribution is 2.08. The van der Waals surface area contributed by atoms with Gasteiger partial charge in [0.05, 0.1) is 5.75 Å². The van der Waals surface area contributed by atoms with Crippen LogP contribution in [0.15, 0.2) is 12.4 Å². The first-order valence-electron chi connectivity index (χ1n) is 5.81. The number of rotatable bonds is 8. The molecule has 0 spiro atoms. The van der Waals surface area contributed by atoms with Crippen LogP contribution in [-0.2, 0) is 10.0 Å². The van der Waals surface area contributed by atoms with E-state index < -0.39 is 10.0 Å². The molecule has 1 aromatic rings. The first-order valence-corrected chi connectivity index (χ1v) is 7.53. The molecule has 0 unspecified atom stereocenters. The van der Waals surface area contributed by atoms with Gasteiger partial charge in [0, 0.05) is 19.2 Å². The largest absolute Gasteiger partial charge is 0.370 e. The van der Waals surface area contributed by atoms with Crippen molar-refractivity contribution in [3.05, 3.63) is 12.4 Å². The normalized spacial score (nSPS) is 11.2. The summed E-state index contributed by atoms with van der Waals surface area (Å²) in [5.41, 5.74) is 0. The van der Waals surface area contributed by atoms with Gasteiger partial charge in [0.1, 0.15) is 18.0 Å². The van der Waals surface area contributed by atoms with E-state index in [1.165, 1.54) is 6.33 Å². The number of aromatic nitrogens is 2. The van der Waals surface area contributed by atoms with Crippen LogP contribution in [0.25, 0.3) is 0 Å². The third-order valence-electron chi connectivity index (χ3n) is 2.13. The predicted octanol–water partition coefficient (Wildman–Crippen LogP) is 0.389. The molecular formula is C10H19N5O2S. The summed E-state index contributed by atoms with van der Waals surface area (Å²) >= 11 is 0. The average Bonchev–Trinajstić information content (AvgIpc) is 2.31. The number of hydrogen-bond acceptors (Lipinski definition) is 6. The van der Waals surface area contributed by atoms with E-state index in [4.69, 9.17) is 5.14 Å². The Morgan fingerprint density at radius 1 is 1.22 bits per heavy atom. The predicted molar refractivity (Wildman–Crippen MR) is 71.9 cm³/mol. The monoisotopic (exact) mass is 273 g/mol. The van der Waals surface area contributed by atoms with Gasteiger partial charge in [0.25, 0.3) is 0 Å². The Balaban J connectivity index is 2.38. The summed E-state index contributed by atoms with van der Waals surface area (Å²) in [6, 6.07) is 1.78. The lowest BCUT2D eigenvalue weighted by Gasteiger charge is -2.07. The molecule has 0 aliphatic carbocycles. The minimum absolute atomic E-state index is 0.0357. The van der Waals surface area contributed by atoms with Crippen LogP contribution in [-0.4, -0.2) is 37.2 Å². The molecule has 7 nitrogen and oxygen atoms in total. The van der Waals surface area contributed by atoms with Gasteiger partial charge in [-0.25, -0.2) is 23.5 Å². The Kier molecular flexibility index (Phi) is 5.79. The van der Waals surface area contributed by atoms with Gasteiger partial charge in [-0.05, 0) is 12.8 Å². The van der Waals surface area contributed by atoms with Crippen LogP contribution >= 0.6 is 0 Å². The number of nitrogens with two attached hydrogens (primary N) is 1. The molecule has 8 heteroatoms. The minimum atomic E-state index is -3.38. The Morgan fingerprint density at radius 3 is 2.39 bits per heavy atom. The first-order chi connectivity index (χ1) is 8.51. The Hall–Kier alpha value is -1.41. The molecule has 0 atom stereocenters. The molecule has 1 rings (SSSR count). The zero-order valence-corrected chi connectivity index (χ0v) is 11.2. The highest BCUT2D eigenvalue weighted by molar-refractivity contribution is 7.89. The van der Waals surface area contributed by atoms with Gasteiger partial charge in [-0.2, -0.15) is 0 Å². The van der Waals surface area contributed by atoms with Crippen molar-refractivity contribution in [1.29, 1.82) is 0 Å². The lowest BCUT2D eigenvalue weighted by Crippen LogP contribution is -2.18.